The highest BCUT2D eigenvalue weighted by Gasteiger charge is 2.29. The highest BCUT2D eigenvalue weighted by atomic mass is 16.1. The number of nitriles is 1. The van der Waals surface area contributed by atoms with E-state index < -0.39 is 0 Å². The molecule has 2 aromatic heterocycles. The van der Waals surface area contributed by atoms with Crippen LogP contribution in [0.5, 0.6) is 0 Å². The van der Waals surface area contributed by atoms with Crippen molar-refractivity contribution in [2.75, 3.05) is 11.4 Å². The van der Waals surface area contributed by atoms with Crippen LogP contribution < -0.4 is 10.5 Å². The van der Waals surface area contributed by atoms with E-state index in [0.29, 0.717) is 18.1 Å². The molecule has 0 amide bonds. The fraction of sp³-hybridized carbons (Fsp3) is 0.471. The second-order valence-corrected chi connectivity index (χ2v) is 6.32. The molecule has 0 saturated carbocycles. The van der Waals surface area contributed by atoms with Gasteiger partial charge in [0, 0.05) is 25.0 Å². The van der Waals surface area contributed by atoms with Crippen LogP contribution >= 0.6 is 0 Å². The molecule has 1 fully saturated rings. The van der Waals surface area contributed by atoms with E-state index in [1.165, 1.54) is 6.20 Å². The van der Waals surface area contributed by atoms with E-state index >= 15 is 0 Å². The molecule has 0 bridgehead atoms. The monoisotopic (exact) mass is 322 g/mol. The fourth-order valence-electron chi connectivity index (χ4n) is 3.69. The van der Waals surface area contributed by atoms with Crippen LogP contribution in [0.25, 0.3) is 0 Å². The van der Waals surface area contributed by atoms with Gasteiger partial charge in [-0.25, -0.2) is 14.6 Å². The summed E-state index contributed by atoms with van der Waals surface area (Å²) >= 11 is 0. The zero-order valence-corrected chi connectivity index (χ0v) is 13.4. The summed E-state index contributed by atoms with van der Waals surface area (Å²) in [5, 5.41) is 13.8. The van der Waals surface area contributed by atoms with Gasteiger partial charge in [0.15, 0.2) is 11.5 Å². The Labute approximate surface area is 139 Å². The van der Waals surface area contributed by atoms with E-state index in [9.17, 15) is 10.1 Å². The summed E-state index contributed by atoms with van der Waals surface area (Å²) in [5.41, 5.74) is 2.44. The molecule has 1 aliphatic carbocycles. The van der Waals surface area contributed by atoms with Crippen molar-refractivity contribution in [2.45, 2.75) is 44.7 Å². The molecule has 0 N–H and O–H groups in total. The standard InChI is InChI=1S/C17H18N6O/c18-10-15-17(20-7-6-19-15)22-8-2-4-13(22)11-23-16(24)9-12-3-1-5-14(12)21-23/h6-7,9,13H,1-5,8,11H2. The van der Waals surface area contributed by atoms with Crippen LogP contribution in [0.4, 0.5) is 5.82 Å². The minimum Gasteiger partial charge on any atom is -0.349 e. The Kier molecular flexibility index (Phi) is 3.73. The van der Waals surface area contributed by atoms with Crippen molar-refractivity contribution in [2.24, 2.45) is 0 Å². The minimum absolute atomic E-state index is 0.0397. The van der Waals surface area contributed by atoms with Gasteiger partial charge in [0.1, 0.15) is 6.07 Å². The number of fused-ring (bicyclic) bond motifs is 1. The molecule has 3 heterocycles. The van der Waals surface area contributed by atoms with Gasteiger partial charge in [-0.05, 0) is 37.7 Å². The summed E-state index contributed by atoms with van der Waals surface area (Å²) in [6.07, 6.45) is 8.07. The first-order valence-electron chi connectivity index (χ1n) is 8.34. The quantitative estimate of drug-likeness (QED) is 0.840. The van der Waals surface area contributed by atoms with Gasteiger partial charge in [0.05, 0.1) is 18.3 Å². The smallest absolute Gasteiger partial charge is 0.267 e. The van der Waals surface area contributed by atoms with Crippen LogP contribution in [-0.4, -0.2) is 32.3 Å². The molecule has 2 aliphatic rings. The zero-order chi connectivity index (χ0) is 16.5. The van der Waals surface area contributed by atoms with Crippen LogP contribution in [0.2, 0.25) is 0 Å². The molecule has 1 unspecified atom stereocenters. The van der Waals surface area contributed by atoms with Crippen LogP contribution in [-0.2, 0) is 19.4 Å². The summed E-state index contributed by atoms with van der Waals surface area (Å²) in [5.74, 6) is 0.608. The maximum Gasteiger partial charge on any atom is 0.267 e. The fourth-order valence-corrected chi connectivity index (χ4v) is 3.69. The molecule has 0 radical (unpaired) electrons. The number of aromatic nitrogens is 4. The Bertz CT molecular complexity index is 868. The first-order valence-corrected chi connectivity index (χ1v) is 8.34. The van der Waals surface area contributed by atoms with Gasteiger partial charge in [-0.15, -0.1) is 0 Å². The van der Waals surface area contributed by atoms with Gasteiger partial charge < -0.3 is 4.90 Å². The van der Waals surface area contributed by atoms with Gasteiger partial charge in [-0.3, -0.25) is 4.79 Å². The summed E-state index contributed by atoms with van der Waals surface area (Å²) in [6, 6.07) is 3.95. The van der Waals surface area contributed by atoms with Crippen molar-refractivity contribution in [1.29, 1.82) is 5.26 Å². The number of anilines is 1. The molecular weight excluding hydrogens is 304 g/mol. The van der Waals surface area contributed by atoms with Crippen LogP contribution in [0.3, 0.4) is 0 Å². The van der Waals surface area contributed by atoms with E-state index in [1.54, 1.807) is 16.9 Å². The number of hydrogen-bond donors (Lipinski definition) is 0. The Balaban J connectivity index is 1.63. The molecule has 24 heavy (non-hydrogen) atoms. The van der Waals surface area contributed by atoms with Gasteiger partial charge in [-0.1, -0.05) is 0 Å². The first-order chi connectivity index (χ1) is 11.8. The van der Waals surface area contributed by atoms with Crippen LogP contribution in [0, 0.1) is 11.3 Å². The lowest BCUT2D eigenvalue weighted by molar-refractivity contribution is 0.481. The zero-order valence-electron chi connectivity index (χ0n) is 13.4. The highest BCUT2D eigenvalue weighted by molar-refractivity contribution is 5.51. The van der Waals surface area contributed by atoms with Gasteiger partial charge in [-0.2, -0.15) is 10.4 Å². The molecule has 1 atom stereocenters. The first kappa shape index (κ1) is 14.8. The van der Waals surface area contributed by atoms with E-state index in [-0.39, 0.29) is 11.6 Å². The van der Waals surface area contributed by atoms with Gasteiger partial charge in [0.25, 0.3) is 5.56 Å². The second kappa shape index (κ2) is 6.04. The largest absolute Gasteiger partial charge is 0.349 e. The highest BCUT2D eigenvalue weighted by Crippen LogP contribution is 2.26. The molecular formula is C17H18N6O. The summed E-state index contributed by atoms with van der Waals surface area (Å²) in [4.78, 5) is 22.9. The second-order valence-electron chi connectivity index (χ2n) is 6.32. The van der Waals surface area contributed by atoms with E-state index in [2.05, 4.69) is 26.0 Å². The molecule has 122 valence electrons. The Morgan fingerprint density at radius 1 is 1.25 bits per heavy atom. The summed E-state index contributed by atoms with van der Waals surface area (Å²) in [6.45, 7) is 1.34. The van der Waals surface area contributed by atoms with Crippen molar-refractivity contribution in [1.82, 2.24) is 19.7 Å². The van der Waals surface area contributed by atoms with Crippen molar-refractivity contribution in [3.05, 3.63) is 45.8 Å². The van der Waals surface area contributed by atoms with Gasteiger partial charge >= 0.3 is 0 Å². The topological polar surface area (TPSA) is 87.7 Å². The van der Waals surface area contributed by atoms with E-state index in [1.807, 2.05) is 0 Å². The molecule has 2 aromatic rings. The Hall–Kier alpha value is -2.75. The lowest BCUT2D eigenvalue weighted by Crippen LogP contribution is -2.38. The van der Waals surface area contributed by atoms with Crippen molar-refractivity contribution < 1.29 is 0 Å². The average molecular weight is 322 g/mol. The number of nitrogens with zero attached hydrogens (tertiary/aromatic N) is 6. The molecule has 1 aliphatic heterocycles. The minimum atomic E-state index is -0.0397. The third kappa shape index (κ3) is 2.54. The average Bonchev–Trinajstić information content (AvgIpc) is 3.24. The molecule has 0 aromatic carbocycles. The lowest BCUT2D eigenvalue weighted by Gasteiger charge is -2.26. The predicted octanol–water partition coefficient (Wildman–Crippen LogP) is 1.06. The van der Waals surface area contributed by atoms with Crippen LogP contribution in [0.1, 0.15) is 36.2 Å². The molecule has 7 heteroatoms. The Morgan fingerprint density at radius 2 is 2.12 bits per heavy atom. The molecule has 1 saturated heterocycles. The molecule has 7 nitrogen and oxygen atoms in total. The maximum absolute atomic E-state index is 12.3. The predicted molar refractivity (Wildman–Crippen MR) is 87.6 cm³/mol. The lowest BCUT2D eigenvalue weighted by atomic mass is 10.2. The normalized spacial score (nSPS) is 19.3. The maximum atomic E-state index is 12.3. The molecule has 4 rings (SSSR count). The SMILES string of the molecule is N#Cc1nccnc1N1CCCC1Cn1nc2c(cc1=O)CCC2. The Morgan fingerprint density at radius 3 is 3.00 bits per heavy atom. The summed E-state index contributed by atoms with van der Waals surface area (Å²) in [7, 11) is 0. The van der Waals surface area contributed by atoms with Gasteiger partial charge in [0.2, 0.25) is 0 Å². The van der Waals surface area contributed by atoms with Crippen molar-refractivity contribution >= 4 is 5.82 Å². The summed E-state index contributed by atoms with van der Waals surface area (Å²) < 4.78 is 1.58. The third-order valence-corrected chi connectivity index (χ3v) is 4.84. The number of hydrogen-bond acceptors (Lipinski definition) is 6. The number of rotatable bonds is 3. The van der Waals surface area contributed by atoms with Crippen molar-refractivity contribution in [3.8, 4) is 6.07 Å². The molecule has 0 spiro atoms. The number of aryl methyl sites for hydroxylation is 2. The van der Waals surface area contributed by atoms with Crippen LogP contribution in [0.15, 0.2) is 23.3 Å². The van der Waals surface area contributed by atoms with Crippen molar-refractivity contribution in [3.63, 3.8) is 0 Å². The third-order valence-electron chi connectivity index (χ3n) is 4.84. The van der Waals surface area contributed by atoms with E-state index in [0.717, 1.165) is 49.9 Å². The van der Waals surface area contributed by atoms with E-state index in [4.69, 9.17) is 0 Å².